The summed E-state index contributed by atoms with van der Waals surface area (Å²) in [5.74, 6) is -0.157. The van der Waals surface area contributed by atoms with Crippen LogP contribution in [0.15, 0.2) is 77.9 Å². The maximum Gasteiger partial charge on any atom is 0.277 e. The lowest BCUT2D eigenvalue weighted by atomic mass is 10.1. The summed E-state index contributed by atoms with van der Waals surface area (Å²) >= 11 is 0. The van der Waals surface area contributed by atoms with Gasteiger partial charge in [0, 0.05) is 11.1 Å². The molecule has 1 amide bonds. The third kappa shape index (κ3) is 5.19. The first-order valence-corrected chi connectivity index (χ1v) is 9.03. The average molecular weight is 392 g/mol. The summed E-state index contributed by atoms with van der Waals surface area (Å²) in [7, 11) is 1.40. The molecule has 0 spiro atoms. The van der Waals surface area contributed by atoms with Crippen molar-refractivity contribution in [1.82, 2.24) is 5.43 Å². The van der Waals surface area contributed by atoms with Crippen molar-refractivity contribution in [2.45, 2.75) is 6.92 Å². The van der Waals surface area contributed by atoms with E-state index in [1.807, 2.05) is 54.6 Å². The van der Waals surface area contributed by atoms with Crippen LogP contribution >= 0.6 is 0 Å². The van der Waals surface area contributed by atoms with Crippen LogP contribution in [-0.4, -0.2) is 25.3 Å². The Morgan fingerprint density at radius 1 is 1.00 bits per heavy atom. The van der Waals surface area contributed by atoms with Crippen molar-refractivity contribution < 1.29 is 18.7 Å². The lowest BCUT2D eigenvalue weighted by Gasteiger charge is -2.11. The Morgan fingerprint density at radius 2 is 1.72 bits per heavy atom. The number of hydrazone groups is 1. The van der Waals surface area contributed by atoms with Crippen LogP contribution in [0.5, 0.6) is 11.5 Å². The van der Waals surface area contributed by atoms with E-state index in [0.29, 0.717) is 17.0 Å². The van der Waals surface area contributed by atoms with Gasteiger partial charge in [-0.2, -0.15) is 5.10 Å². The lowest BCUT2D eigenvalue weighted by molar-refractivity contribution is -0.123. The van der Waals surface area contributed by atoms with E-state index < -0.39 is 11.7 Å². The second kappa shape index (κ2) is 9.50. The van der Waals surface area contributed by atoms with E-state index in [-0.39, 0.29) is 12.4 Å². The summed E-state index contributed by atoms with van der Waals surface area (Å²) in [4.78, 5) is 12.1. The van der Waals surface area contributed by atoms with Crippen LogP contribution in [0.2, 0.25) is 0 Å². The molecular weight excluding hydrogens is 371 g/mol. The quantitative estimate of drug-likeness (QED) is 0.478. The molecule has 148 valence electrons. The van der Waals surface area contributed by atoms with Crippen LogP contribution in [0.1, 0.15) is 12.5 Å². The minimum Gasteiger partial charge on any atom is -0.494 e. The van der Waals surface area contributed by atoms with Gasteiger partial charge in [0.05, 0.1) is 12.8 Å². The third-order valence-corrected chi connectivity index (χ3v) is 4.25. The monoisotopic (exact) mass is 392 g/mol. The maximum atomic E-state index is 13.8. The second-order valence-electron chi connectivity index (χ2n) is 6.23. The minimum atomic E-state index is -0.494. The fourth-order valence-electron chi connectivity index (χ4n) is 2.73. The van der Waals surface area contributed by atoms with Gasteiger partial charge in [0.1, 0.15) is 5.75 Å². The number of nitrogens with one attached hydrogen (secondary N) is 1. The van der Waals surface area contributed by atoms with Crippen molar-refractivity contribution in [2.24, 2.45) is 5.10 Å². The summed E-state index contributed by atoms with van der Waals surface area (Å²) in [5, 5.41) is 4.01. The molecule has 0 saturated carbocycles. The first-order chi connectivity index (χ1) is 14.1. The van der Waals surface area contributed by atoms with Gasteiger partial charge in [0.25, 0.3) is 5.91 Å². The van der Waals surface area contributed by atoms with E-state index in [4.69, 9.17) is 9.47 Å². The molecule has 0 aliphatic rings. The summed E-state index contributed by atoms with van der Waals surface area (Å²) in [6, 6.07) is 21.8. The number of nitrogens with zero attached hydrogens (tertiary/aromatic N) is 1. The number of hydrogen-bond acceptors (Lipinski definition) is 4. The predicted molar refractivity (Wildman–Crippen MR) is 111 cm³/mol. The molecule has 1 N–H and O–H groups in total. The standard InChI is InChI=1S/C23H21FN2O3/c1-16(18-12-13-22(28-2)20(24)14-18)25-26-23(27)15-29-21-11-7-6-10-19(21)17-8-4-3-5-9-17/h3-14H,15H2,1-2H3,(H,26,27)/b25-16-. The number of halogens is 1. The number of benzene rings is 3. The zero-order chi connectivity index (χ0) is 20.6. The molecule has 0 fully saturated rings. The minimum absolute atomic E-state index is 0.149. The molecule has 6 heteroatoms. The highest BCUT2D eigenvalue weighted by Gasteiger charge is 2.09. The summed E-state index contributed by atoms with van der Waals surface area (Å²) < 4.78 is 24.4. The molecule has 0 aromatic heterocycles. The Morgan fingerprint density at radius 3 is 2.45 bits per heavy atom. The summed E-state index contributed by atoms with van der Waals surface area (Å²) in [6.07, 6.45) is 0. The first-order valence-electron chi connectivity index (χ1n) is 9.03. The third-order valence-electron chi connectivity index (χ3n) is 4.25. The van der Waals surface area contributed by atoms with Gasteiger partial charge in [-0.05, 0) is 36.8 Å². The molecule has 3 aromatic carbocycles. The number of rotatable bonds is 7. The molecule has 0 aliphatic heterocycles. The van der Waals surface area contributed by atoms with Gasteiger partial charge in [-0.3, -0.25) is 4.79 Å². The Labute approximate surface area is 168 Å². The molecule has 0 heterocycles. The zero-order valence-electron chi connectivity index (χ0n) is 16.2. The molecule has 0 atom stereocenters. The Balaban J connectivity index is 1.62. The van der Waals surface area contributed by atoms with E-state index >= 15 is 0 Å². The van der Waals surface area contributed by atoms with E-state index in [9.17, 15) is 9.18 Å². The molecule has 3 rings (SSSR count). The number of hydrogen-bond donors (Lipinski definition) is 1. The van der Waals surface area contributed by atoms with Crippen LogP contribution in [0.4, 0.5) is 4.39 Å². The van der Waals surface area contributed by atoms with Gasteiger partial charge in [-0.25, -0.2) is 9.82 Å². The van der Waals surface area contributed by atoms with Gasteiger partial charge in [0.15, 0.2) is 18.2 Å². The topological polar surface area (TPSA) is 59.9 Å². The number of methoxy groups -OCH3 is 1. The molecule has 5 nitrogen and oxygen atoms in total. The van der Waals surface area contributed by atoms with Crippen LogP contribution in [-0.2, 0) is 4.79 Å². The normalized spacial score (nSPS) is 11.1. The second-order valence-corrected chi connectivity index (χ2v) is 6.23. The van der Waals surface area contributed by atoms with Crippen molar-refractivity contribution in [3.8, 4) is 22.6 Å². The molecule has 0 bridgehead atoms. The number of amides is 1. The SMILES string of the molecule is COc1ccc(/C(C)=N\NC(=O)COc2ccccc2-c2ccccc2)cc1F. The Kier molecular flexibility index (Phi) is 6.58. The molecule has 3 aromatic rings. The lowest BCUT2D eigenvalue weighted by Crippen LogP contribution is -2.25. The Hall–Kier alpha value is -3.67. The van der Waals surface area contributed by atoms with Gasteiger partial charge in [-0.1, -0.05) is 48.5 Å². The summed E-state index contributed by atoms with van der Waals surface area (Å²) in [6.45, 7) is 1.48. The molecule has 0 aliphatic carbocycles. The van der Waals surface area contributed by atoms with Crippen molar-refractivity contribution in [1.29, 1.82) is 0 Å². The van der Waals surface area contributed by atoms with Gasteiger partial charge in [-0.15, -0.1) is 0 Å². The van der Waals surface area contributed by atoms with E-state index in [1.165, 1.54) is 19.2 Å². The van der Waals surface area contributed by atoms with Crippen molar-refractivity contribution in [3.63, 3.8) is 0 Å². The largest absolute Gasteiger partial charge is 0.494 e. The fraction of sp³-hybridized carbons (Fsp3) is 0.130. The molecule has 29 heavy (non-hydrogen) atoms. The fourth-order valence-corrected chi connectivity index (χ4v) is 2.73. The molecular formula is C23H21FN2O3. The van der Waals surface area contributed by atoms with E-state index in [2.05, 4.69) is 10.5 Å². The molecule has 0 saturated heterocycles. The Bertz CT molecular complexity index is 1020. The molecule has 0 radical (unpaired) electrons. The smallest absolute Gasteiger partial charge is 0.277 e. The molecule has 0 unspecified atom stereocenters. The highest BCUT2D eigenvalue weighted by molar-refractivity contribution is 5.99. The van der Waals surface area contributed by atoms with E-state index in [0.717, 1.165) is 11.1 Å². The zero-order valence-corrected chi connectivity index (χ0v) is 16.2. The highest BCUT2D eigenvalue weighted by atomic mass is 19.1. The van der Waals surface area contributed by atoms with Crippen molar-refractivity contribution >= 4 is 11.6 Å². The number of carbonyl (C=O) groups is 1. The maximum absolute atomic E-state index is 13.8. The highest BCUT2D eigenvalue weighted by Crippen LogP contribution is 2.29. The first kappa shape index (κ1) is 20.1. The number of para-hydroxylation sites is 1. The van der Waals surface area contributed by atoms with Crippen molar-refractivity contribution in [2.75, 3.05) is 13.7 Å². The van der Waals surface area contributed by atoms with Crippen LogP contribution in [0.3, 0.4) is 0 Å². The van der Waals surface area contributed by atoms with Gasteiger partial charge in [0.2, 0.25) is 0 Å². The van der Waals surface area contributed by atoms with Gasteiger partial charge < -0.3 is 9.47 Å². The average Bonchev–Trinajstić information content (AvgIpc) is 2.76. The van der Waals surface area contributed by atoms with Crippen LogP contribution in [0.25, 0.3) is 11.1 Å². The van der Waals surface area contributed by atoms with E-state index in [1.54, 1.807) is 13.0 Å². The van der Waals surface area contributed by atoms with Crippen molar-refractivity contribution in [3.05, 3.63) is 84.2 Å². The van der Waals surface area contributed by atoms with Crippen LogP contribution in [0, 0.1) is 5.82 Å². The van der Waals surface area contributed by atoms with Crippen LogP contribution < -0.4 is 14.9 Å². The number of ether oxygens (including phenoxy) is 2. The number of carbonyl (C=O) groups excluding carboxylic acids is 1. The van der Waals surface area contributed by atoms with Gasteiger partial charge >= 0.3 is 0 Å². The summed E-state index contributed by atoms with van der Waals surface area (Å²) in [5.41, 5.74) is 5.33. The predicted octanol–water partition coefficient (Wildman–Crippen LogP) is 4.42.